The molecule has 2 aromatic heterocycles. The van der Waals surface area contributed by atoms with E-state index >= 15 is 0 Å². The van der Waals surface area contributed by atoms with Crippen molar-refractivity contribution in [2.24, 2.45) is 0 Å². The molecular formula is C45H29N3. The Hall–Kier alpha value is -6.45. The molecular weight excluding hydrogens is 583 g/mol. The first-order chi connectivity index (χ1) is 23.8. The fourth-order valence-electron chi connectivity index (χ4n) is 6.82. The lowest BCUT2D eigenvalue weighted by Crippen LogP contribution is -1.97. The second-order valence-corrected chi connectivity index (χ2v) is 12.1. The minimum atomic E-state index is 0.701. The van der Waals surface area contributed by atoms with Crippen molar-refractivity contribution in [2.75, 3.05) is 0 Å². The van der Waals surface area contributed by atoms with Crippen LogP contribution in [0.2, 0.25) is 0 Å². The van der Waals surface area contributed by atoms with Crippen molar-refractivity contribution < 1.29 is 0 Å². The predicted molar refractivity (Wildman–Crippen MR) is 200 cm³/mol. The van der Waals surface area contributed by atoms with E-state index in [1.165, 1.54) is 32.5 Å². The Morgan fingerprint density at radius 3 is 1.69 bits per heavy atom. The van der Waals surface area contributed by atoms with Gasteiger partial charge in [-0.15, -0.1) is 0 Å². The van der Waals surface area contributed by atoms with Gasteiger partial charge in [0.1, 0.15) is 0 Å². The van der Waals surface area contributed by atoms with E-state index in [0.717, 1.165) is 50.2 Å². The van der Waals surface area contributed by atoms with Gasteiger partial charge in [0.15, 0.2) is 5.82 Å². The molecule has 0 amide bonds. The molecule has 0 N–H and O–H groups in total. The summed E-state index contributed by atoms with van der Waals surface area (Å²) in [6, 6.07) is 57.8. The van der Waals surface area contributed by atoms with Gasteiger partial charge in [-0.25, -0.2) is 9.97 Å². The van der Waals surface area contributed by atoms with Crippen LogP contribution in [0, 0.1) is 0 Å². The average molecular weight is 612 g/mol. The minimum absolute atomic E-state index is 0.701. The van der Waals surface area contributed by atoms with Gasteiger partial charge in [0.25, 0.3) is 0 Å². The summed E-state index contributed by atoms with van der Waals surface area (Å²) in [6.07, 6.45) is 3.70. The third-order valence-corrected chi connectivity index (χ3v) is 9.15. The zero-order valence-corrected chi connectivity index (χ0v) is 26.1. The second-order valence-electron chi connectivity index (χ2n) is 12.1. The van der Waals surface area contributed by atoms with Crippen LogP contribution in [-0.2, 0) is 0 Å². The summed E-state index contributed by atoms with van der Waals surface area (Å²) in [6.45, 7) is 0. The molecule has 0 radical (unpaired) electrons. The Balaban J connectivity index is 1.27. The van der Waals surface area contributed by atoms with Crippen LogP contribution in [0.4, 0.5) is 0 Å². The van der Waals surface area contributed by atoms with E-state index in [1.54, 1.807) is 6.20 Å². The highest BCUT2D eigenvalue weighted by Crippen LogP contribution is 2.37. The molecule has 0 aliphatic rings. The third kappa shape index (κ3) is 4.99. The first-order valence-corrected chi connectivity index (χ1v) is 16.2. The van der Waals surface area contributed by atoms with Crippen LogP contribution in [0.3, 0.4) is 0 Å². The molecule has 0 saturated carbocycles. The van der Waals surface area contributed by atoms with E-state index in [9.17, 15) is 0 Å². The highest BCUT2D eigenvalue weighted by atomic mass is 14.9. The molecule has 0 atom stereocenters. The second kappa shape index (κ2) is 11.7. The van der Waals surface area contributed by atoms with E-state index < -0.39 is 0 Å². The lowest BCUT2D eigenvalue weighted by atomic mass is 9.95. The molecule has 0 aliphatic heterocycles. The molecule has 0 unspecified atom stereocenters. The van der Waals surface area contributed by atoms with Gasteiger partial charge in [-0.1, -0.05) is 133 Å². The Bertz CT molecular complexity index is 2620. The maximum atomic E-state index is 5.31. The fourth-order valence-corrected chi connectivity index (χ4v) is 6.82. The summed E-state index contributed by atoms with van der Waals surface area (Å²) in [4.78, 5) is 15.0. The zero-order valence-electron chi connectivity index (χ0n) is 26.1. The molecule has 3 nitrogen and oxygen atoms in total. The Kier molecular flexibility index (Phi) is 6.80. The lowest BCUT2D eigenvalue weighted by Gasteiger charge is -2.14. The third-order valence-electron chi connectivity index (χ3n) is 9.15. The van der Waals surface area contributed by atoms with Gasteiger partial charge in [0, 0.05) is 34.6 Å². The number of nitrogens with zero attached hydrogens (tertiary/aromatic N) is 3. The number of benzene rings is 7. The summed E-state index contributed by atoms with van der Waals surface area (Å²) < 4.78 is 0. The molecule has 9 rings (SSSR count). The van der Waals surface area contributed by atoms with E-state index in [1.807, 2.05) is 12.3 Å². The molecule has 0 saturated heterocycles. The van der Waals surface area contributed by atoms with Crippen molar-refractivity contribution in [3.8, 4) is 56.2 Å². The van der Waals surface area contributed by atoms with E-state index in [0.29, 0.717) is 5.82 Å². The first kappa shape index (κ1) is 27.8. The van der Waals surface area contributed by atoms with Crippen LogP contribution in [0.15, 0.2) is 176 Å². The molecule has 224 valence electrons. The summed E-state index contributed by atoms with van der Waals surface area (Å²) in [5.74, 6) is 0.701. The SMILES string of the molecule is c1cncc(-c2cccc(-c3cc(-c4cccc(-c5cccc6ccccc56)c4)nc(-c4cc5ccccc5c5ccccc45)n3)c2)c1. The Morgan fingerprint density at radius 1 is 0.333 bits per heavy atom. The van der Waals surface area contributed by atoms with Crippen molar-refractivity contribution in [3.05, 3.63) is 176 Å². The van der Waals surface area contributed by atoms with Crippen LogP contribution < -0.4 is 0 Å². The fraction of sp³-hybridized carbons (Fsp3) is 0. The lowest BCUT2D eigenvalue weighted by molar-refractivity contribution is 1.19. The highest BCUT2D eigenvalue weighted by molar-refractivity contribution is 6.13. The molecule has 3 heteroatoms. The smallest absolute Gasteiger partial charge is 0.161 e. The Labute approximate surface area is 278 Å². The highest BCUT2D eigenvalue weighted by Gasteiger charge is 2.16. The minimum Gasteiger partial charge on any atom is -0.264 e. The van der Waals surface area contributed by atoms with Crippen molar-refractivity contribution in [2.45, 2.75) is 0 Å². The first-order valence-electron chi connectivity index (χ1n) is 16.2. The topological polar surface area (TPSA) is 38.7 Å². The quantitative estimate of drug-likeness (QED) is 0.182. The van der Waals surface area contributed by atoms with E-state index in [-0.39, 0.29) is 0 Å². The molecule has 7 aromatic carbocycles. The monoisotopic (exact) mass is 611 g/mol. The van der Waals surface area contributed by atoms with Gasteiger partial charge >= 0.3 is 0 Å². The Morgan fingerprint density at radius 2 is 0.917 bits per heavy atom. The largest absolute Gasteiger partial charge is 0.264 e. The van der Waals surface area contributed by atoms with E-state index in [2.05, 4.69) is 163 Å². The van der Waals surface area contributed by atoms with Gasteiger partial charge in [-0.2, -0.15) is 0 Å². The number of hydrogen-bond donors (Lipinski definition) is 0. The average Bonchev–Trinajstić information content (AvgIpc) is 3.17. The van der Waals surface area contributed by atoms with Crippen LogP contribution in [0.1, 0.15) is 0 Å². The van der Waals surface area contributed by atoms with Crippen molar-refractivity contribution in [3.63, 3.8) is 0 Å². The summed E-state index contributed by atoms with van der Waals surface area (Å²) in [5.41, 5.74) is 9.34. The molecule has 9 aromatic rings. The molecule has 0 fully saturated rings. The number of pyridine rings is 1. The predicted octanol–water partition coefficient (Wildman–Crippen LogP) is 11.7. The number of hydrogen-bond acceptors (Lipinski definition) is 3. The molecule has 0 bridgehead atoms. The molecule has 0 spiro atoms. The molecule has 0 aliphatic carbocycles. The van der Waals surface area contributed by atoms with Gasteiger partial charge in [0.2, 0.25) is 0 Å². The maximum Gasteiger partial charge on any atom is 0.161 e. The van der Waals surface area contributed by atoms with E-state index in [4.69, 9.17) is 9.97 Å². The van der Waals surface area contributed by atoms with Crippen molar-refractivity contribution in [1.82, 2.24) is 15.0 Å². The molecule has 48 heavy (non-hydrogen) atoms. The summed E-state index contributed by atoms with van der Waals surface area (Å²) >= 11 is 0. The zero-order chi connectivity index (χ0) is 31.9. The molecule has 2 heterocycles. The summed E-state index contributed by atoms with van der Waals surface area (Å²) in [5, 5.41) is 7.17. The maximum absolute atomic E-state index is 5.31. The standard InChI is InChI=1S/C45H29N3/c1-3-19-37-30(11-1)13-9-23-38(37)32-15-8-17-35(26-32)44-28-43(34-16-7-14-31(25-34)36-18-10-24-46-29-36)47-45(48-44)42-27-33-12-2-4-20-39(33)40-21-5-6-22-41(40)42/h1-29H. The van der Waals surface area contributed by atoms with Crippen LogP contribution in [-0.4, -0.2) is 15.0 Å². The van der Waals surface area contributed by atoms with Gasteiger partial charge in [-0.05, 0) is 79.3 Å². The summed E-state index contributed by atoms with van der Waals surface area (Å²) in [7, 11) is 0. The van der Waals surface area contributed by atoms with Crippen LogP contribution in [0.5, 0.6) is 0 Å². The van der Waals surface area contributed by atoms with Gasteiger partial charge in [0.05, 0.1) is 11.4 Å². The van der Waals surface area contributed by atoms with Crippen molar-refractivity contribution >= 4 is 32.3 Å². The number of aromatic nitrogens is 3. The van der Waals surface area contributed by atoms with Gasteiger partial charge in [-0.3, -0.25) is 4.98 Å². The number of rotatable bonds is 5. The van der Waals surface area contributed by atoms with Crippen molar-refractivity contribution in [1.29, 1.82) is 0 Å². The normalized spacial score (nSPS) is 11.3. The van der Waals surface area contributed by atoms with Crippen LogP contribution >= 0.6 is 0 Å². The van der Waals surface area contributed by atoms with Crippen LogP contribution in [0.25, 0.3) is 88.5 Å². The van der Waals surface area contributed by atoms with Gasteiger partial charge < -0.3 is 0 Å². The number of fused-ring (bicyclic) bond motifs is 4.